The second kappa shape index (κ2) is 15.5. The number of hydrogen-bond acceptors (Lipinski definition) is 8. The molecule has 9 heteroatoms. The summed E-state index contributed by atoms with van der Waals surface area (Å²) in [5.74, 6) is -3.80. The maximum atomic E-state index is 12.4. The Morgan fingerprint density at radius 1 is 0.895 bits per heavy atom. The Kier molecular flexibility index (Phi) is 13.5. The van der Waals surface area contributed by atoms with Crippen molar-refractivity contribution in [1.82, 2.24) is 0 Å². The summed E-state index contributed by atoms with van der Waals surface area (Å²) in [4.78, 5) is 49.1. The van der Waals surface area contributed by atoms with Crippen molar-refractivity contribution in [2.45, 2.75) is 111 Å². The number of benzene rings is 1. The number of esters is 3. The fourth-order valence-corrected chi connectivity index (χ4v) is 3.96. The smallest absolute Gasteiger partial charge is 0.321 e. The molecular formula is C29H45NO8. The number of ether oxygens (including phenoxy) is 3. The van der Waals surface area contributed by atoms with Gasteiger partial charge >= 0.3 is 23.9 Å². The monoisotopic (exact) mass is 535 g/mol. The van der Waals surface area contributed by atoms with E-state index in [-0.39, 0.29) is 42.1 Å². The molecule has 1 aromatic carbocycles. The van der Waals surface area contributed by atoms with Gasteiger partial charge in [0.2, 0.25) is 0 Å². The Labute approximate surface area is 226 Å². The minimum absolute atomic E-state index is 0.0145. The molecule has 4 atom stereocenters. The molecule has 9 nitrogen and oxygen atoms in total. The summed E-state index contributed by atoms with van der Waals surface area (Å²) in [6.45, 7) is 13.1. The Bertz CT molecular complexity index is 952. The zero-order valence-corrected chi connectivity index (χ0v) is 23.9. The van der Waals surface area contributed by atoms with Crippen LogP contribution in [0, 0.1) is 11.3 Å². The second-order valence-corrected chi connectivity index (χ2v) is 11.0. The number of carboxylic acids is 1. The van der Waals surface area contributed by atoms with Crippen LogP contribution < -0.4 is 15.2 Å². The molecule has 0 spiro atoms. The van der Waals surface area contributed by atoms with Crippen molar-refractivity contribution in [3.05, 3.63) is 23.8 Å². The number of nitrogens with two attached hydrogens (primary N) is 1. The molecule has 0 fully saturated rings. The van der Waals surface area contributed by atoms with Crippen molar-refractivity contribution in [2.24, 2.45) is 17.1 Å². The number of carbonyl (C=O) groups is 4. The van der Waals surface area contributed by atoms with Crippen molar-refractivity contribution in [1.29, 1.82) is 0 Å². The third-order valence-electron chi connectivity index (χ3n) is 6.24. The average molecular weight is 536 g/mol. The summed E-state index contributed by atoms with van der Waals surface area (Å²) >= 11 is 0. The van der Waals surface area contributed by atoms with Crippen LogP contribution >= 0.6 is 0 Å². The van der Waals surface area contributed by atoms with Gasteiger partial charge < -0.3 is 25.1 Å². The van der Waals surface area contributed by atoms with E-state index in [1.54, 1.807) is 19.9 Å². The van der Waals surface area contributed by atoms with Crippen LogP contribution in [0.2, 0.25) is 0 Å². The number of carboxylic acid groups (broad SMARTS) is 1. The molecule has 214 valence electrons. The van der Waals surface area contributed by atoms with Crippen molar-refractivity contribution in [2.75, 3.05) is 0 Å². The fraction of sp³-hybridized carbons (Fsp3) is 0.655. The van der Waals surface area contributed by atoms with E-state index in [0.717, 1.165) is 12.8 Å². The SMILES string of the molecule is CCCCC(=O)Oc1ccc(C(C(C)C(C)OC(=O)CC(C)(C)C)[C@H](N)C(=O)O)cc1OC(=O)CCCC. The largest absolute Gasteiger partial charge is 0.480 e. The van der Waals surface area contributed by atoms with Crippen LogP contribution in [0.25, 0.3) is 0 Å². The fourth-order valence-electron chi connectivity index (χ4n) is 3.96. The highest BCUT2D eigenvalue weighted by Crippen LogP contribution is 2.37. The number of unbranched alkanes of at least 4 members (excludes halogenated alkanes) is 2. The Balaban J connectivity index is 3.39. The standard InChI is InChI=1S/C29H45NO8/c1-8-10-12-23(31)37-21-15-14-20(16-22(21)38-24(32)13-11-9-2)26(27(30)28(34)35)18(3)19(4)36-25(33)17-29(5,6)7/h14-16,18-19,26-27H,8-13,17,30H2,1-7H3,(H,34,35)/t18?,19?,26?,27-/m0/s1. The van der Waals surface area contributed by atoms with E-state index in [1.807, 2.05) is 34.6 Å². The zero-order valence-electron chi connectivity index (χ0n) is 23.9. The van der Waals surface area contributed by atoms with E-state index >= 15 is 0 Å². The normalized spacial score (nSPS) is 14.6. The second-order valence-electron chi connectivity index (χ2n) is 11.0. The quantitative estimate of drug-likeness (QED) is 0.224. The first-order chi connectivity index (χ1) is 17.7. The van der Waals surface area contributed by atoms with Gasteiger partial charge in [0.15, 0.2) is 11.5 Å². The van der Waals surface area contributed by atoms with E-state index in [2.05, 4.69) is 0 Å². The highest BCUT2D eigenvalue weighted by Gasteiger charge is 2.36. The van der Waals surface area contributed by atoms with Crippen LogP contribution in [-0.4, -0.2) is 41.1 Å². The maximum absolute atomic E-state index is 12.4. The predicted molar refractivity (Wildman–Crippen MR) is 144 cm³/mol. The topological polar surface area (TPSA) is 142 Å². The average Bonchev–Trinajstić information content (AvgIpc) is 2.81. The molecule has 0 aliphatic rings. The molecule has 38 heavy (non-hydrogen) atoms. The first-order valence-corrected chi connectivity index (χ1v) is 13.4. The summed E-state index contributed by atoms with van der Waals surface area (Å²) in [6, 6.07) is 3.22. The Morgan fingerprint density at radius 2 is 1.42 bits per heavy atom. The van der Waals surface area contributed by atoms with E-state index in [0.29, 0.717) is 18.4 Å². The van der Waals surface area contributed by atoms with Crippen molar-refractivity contribution < 1.29 is 38.5 Å². The van der Waals surface area contributed by atoms with Crippen LogP contribution in [0.4, 0.5) is 0 Å². The molecule has 3 unspecified atom stereocenters. The van der Waals surface area contributed by atoms with Gasteiger partial charge in [-0.1, -0.05) is 60.5 Å². The van der Waals surface area contributed by atoms with Gasteiger partial charge in [0.25, 0.3) is 0 Å². The lowest BCUT2D eigenvalue weighted by Gasteiger charge is -2.32. The van der Waals surface area contributed by atoms with Gasteiger partial charge in [-0.05, 0) is 42.9 Å². The first kappa shape index (κ1) is 33.1. The molecule has 0 saturated carbocycles. The van der Waals surface area contributed by atoms with Crippen LogP contribution in [0.3, 0.4) is 0 Å². The van der Waals surface area contributed by atoms with Gasteiger partial charge in [0.05, 0.1) is 6.42 Å². The molecule has 0 radical (unpaired) electrons. The van der Waals surface area contributed by atoms with E-state index in [9.17, 15) is 24.3 Å². The molecule has 0 aliphatic carbocycles. The van der Waals surface area contributed by atoms with E-state index < -0.39 is 41.9 Å². The van der Waals surface area contributed by atoms with Gasteiger partial charge in [-0.15, -0.1) is 0 Å². The zero-order chi connectivity index (χ0) is 29.0. The lowest BCUT2D eigenvalue weighted by atomic mass is 9.79. The Morgan fingerprint density at radius 3 is 1.89 bits per heavy atom. The molecule has 0 bridgehead atoms. The van der Waals surface area contributed by atoms with Crippen LogP contribution in [0.5, 0.6) is 11.5 Å². The molecule has 1 aromatic rings. The molecule has 0 amide bonds. The molecule has 0 aliphatic heterocycles. The molecule has 1 rings (SSSR count). The van der Waals surface area contributed by atoms with Gasteiger partial charge in [-0.25, -0.2) is 0 Å². The number of carbonyl (C=O) groups excluding carboxylic acids is 3. The van der Waals surface area contributed by atoms with Crippen LogP contribution in [-0.2, 0) is 23.9 Å². The van der Waals surface area contributed by atoms with Crippen molar-refractivity contribution >= 4 is 23.9 Å². The molecule has 0 aromatic heterocycles. The molecular weight excluding hydrogens is 490 g/mol. The minimum Gasteiger partial charge on any atom is -0.480 e. The van der Waals surface area contributed by atoms with Crippen LogP contribution in [0.1, 0.15) is 105 Å². The summed E-state index contributed by atoms with van der Waals surface area (Å²) in [7, 11) is 0. The van der Waals surface area contributed by atoms with Gasteiger partial charge in [0, 0.05) is 24.7 Å². The maximum Gasteiger partial charge on any atom is 0.321 e. The molecule has 0 heterocycles. The lowest BCUT2D eigenvalue weighted by Crippen LogP contribution is -2.42. The predicted octanol–water partition coefficient (Wildman–Crippen LogP) is 5.38. The summed E-state index contributed by atoms with van der Waals surface area (Å²) in [5, 5.41) is 9.76. The highest BCUT2D eigenvalue weighted by atomic mass is 16.6. The van der Waals surface area contributed by atoms with Crippen molar-refractivity contribution in [3.63, 3.8) is 0 Å². The molecule has 3 N–H and O–H groups in total. The van der Waals surface area contributed by atoms with Crippen molar-refractivity contribution in [3.8, 4) is 11.5 Å². The summed E-state index contributed by atoms with van der Waals surface area (Å²) in [6.07, 6.45) is 2.84. The number of aliphatic carboxylic acids is 1. The van der Waals surface area contributed by atoms with E-state index in [1.165, 1.54) is 12.1 Å². The van der Waals surface area contributed by atoms with Gasteiger partial charge in [-0.2, -0.15) is 0 Å². The number of rotatable bonds is 15. The molecule has 0 saturated heterocycles. The van der Waals surface area contributed by atoms with Gasteiger partial charge in [0.1, 0.15) is 12.1 Å². The highest BCUT2D eigenvalue weighted by molar-refractivity contribution is 5.77. The first-order valence-electron chi connectivity index (χ1n) is 13.4. The summed E-state index contributed by atoms with van der Waals surface area (Å²) < 4.78 is 16.7. The third-order valence-corrected chi connectivity index (χ3v) is 6.24. The number of hydrogen-bond donors (Lipinski definition) is 2. The van der Waals surface area contributed by atoms with Crippen LogP contribution in [0.15, 0.2) is 18.2 Å². The van der Waals surface area contributed by atoms with Gasteiger partial charge in [-0.3, -0.25) is 19.2 Å². The third kappa shape index (κ3) is 11.2. The lowest BCUT2D eigenvalue weighted by molar-refractivity contribution is -0.153. The minimum atomic E-state index is -1.34. The van der Waals surface area contributed by atoms with E-state index in [4.69, 9.17) is 19.9 Å². The Hall–Kier alpha value is -2.94. The summed E-state index contributed by atoms with van der Waals surface area (Å²) in [5.41, 5.74) is 6.31.